The molecule has 0 radical (unpaired) electrons. The minimum absolute atomic E-state index is 0.176. The van der Waals surface area contributed by atoms with E-state index in [9.17, 15) is 4.79 Å². The lowest BCUT2D eigenvalue weighted by molar-refractivity contribution is 0.0528. The van der Waals surface area contributed by atoms with Gasteiger partial charge in [0.2, 0.25) is 0 Å². The SMILES string of the molecule is O=C(O)N[C@H](c1ncc(Br)cc1CCl)C1CCOCC1. The molecule has 1 atom stereocenters. The molecule has 7 heteroatoms. The van der Waals surface area contributed by atoms with Gasteiger partial charge in [0, 0.05) is 29.8 Å². The number of hydrogen-bond acceptors (Lipinski definition) is 3. The summed E-state index contributed by atoms with van der Waals surface area (Å²) in [5.74, 6) is 0.471. The lowest BCUT2D eigenvalue weighted by Crippen LogP contribution is -2.36. The van der Waals surface area contributed by atoms with Gasteiger partial charge < -0.3 is 15.2 Å². The summed E-state index contributed by atoms with van der Waals surface area (Å²) >= 11 is 9.32. The Kier molecular flexibility index (Phi) is 5.63. The molecule has 1 aromatic rings. The van der Waals surface area contributed by atoms with Crippen molar-refractivity contribution in [3.8, 4) is 0 Å². The van der Waals surface area contributed by atoms with Gasteiger partial charge in [-0.25, -0.2) is 4.79 Å². The first-order chi connectivity index (χ1) is 9.61. The van der Waals surface area contributed by atoms with E-state index >= 15 is 0 Å². The fourth-order valence-corrected chi connectivity index (χ4v) is 3.06. The third-order valence-corrected chi connectivity index (χ3v) is 4.14. The first kappa shape index (κ1) is 15.5. The van der Waals surface area contributed by atoms with E-state index < -0.39 is 6.09 Å². The molecule has 1 saturated heterocycles. The number of halogens is 2. The second-order valence-corrected chi connectivity index (χ2v) is 5.89. The zero-order valence-electron chi connectivity index (χ0n) is 10.8. The van der Waals surface area contributed by atoms with Gasteiger partial charge in [0.05, 0.1) is 11.7 Å². The predicted octanol–water partition coefficient (Wildman–Crippen LogP) is 3.32. The Morgan fingerprint density at radius 1 is 1.60 bits per heavy atom. The summed E-state index contributed by atoms with van der Waals surface area (Å²) in [6.07, 6.45) is 2.24. The molecule has 2 N–H and O–H groups in total. The van der Waals surface area contributed by atoms with Crippen molar-refractivity contribution in [3.05, 3.63) is 28.0 Å². The molecule has 5 nitrogen and oxygen atoms in total. The molecule has 1 aliphatic heterocycles. The number of aromatic nitrogens is 1. The van der Waals surface area contributed by atoms with Crippen LogP contribution >= 0.6 is 27.5 Å². The number of nitrogens with zero attached hydrogens (tertiary/aromatic N) is 1. The Hall–Kier alpha value is -0.850. The third kappa shape index (κ3) is 3.84. The lowest BCUT2D eigenvalue weighted by Gasteiger charge is -2.30. The molecule has 2 rings (SSSR count). The highest BCUT2D eigenvalue weighted by molar-refractivity contribution is 9.10. The predicted molar refractivity (Wildman–Crippen MR) is 78.9 cm³/mol. The fourth-order valence-electron chi connectivity index (χ4n) is 2.47. The van der Waals surface area contributed by atoms with Gasteiger partial charge in [0.15, 0.2) is 0 Å². The number of hydrogen-bond donors (Lipinski definition) is 2. The smallest absolute Gasteiger partial charge is 0.405 e. The van der Waals surface area contributed by atoms with Crippen LogP contribution in [-0.2, 0) is 10.6 Å². The van der Waals surface area contributed by atoms with Gasteiger partial charge in [0.1, 0.15) is 0 Å². The molecule has 0 aliphatic carbocycles. The van der Waals surface area contributed by atoms with Crippen molar-refractivity contribution < 1.29 is 14.6 Å². The molecule has 0 aromatic carbocycles. The van der Waals surface area contributed by atoms with E-state index in [-0.39, 0.29) is 12.0 Å². The molecule has 0 bridgehead atoms. The summed E-state index contributed by atoms with van der Waals surface area (Å²) in [4.78, 5) is 15.5. The summed E-state index contributed by atoms with van der Waals surface area (Å²) in [5, 5.41) is 11.7. The molecular formula is C13H16BrClN2O3. The molecule has 1 aliphatic rings. The van der Waals surface area contributed by atoms with E-state index in [0.29, 0.717) is 24.8 Å². The highest BCUT2D eigenvalue weighted by Crippen LogP contribution is 2.32. The number of ether oxygens (including phenoxy) is 1. The van der Waals surface area contributed by atoms with Crippen LogP contribution in [0.5, 0.6) is 0 Å². The van der Waals surface area contributed by atoms with Crippen LogP contribution in [0, 0.1) is 5.92 Å². The molecule has 110 valence electrons. The van der Waals surface area contributed by atoms with Crippen molar-refractivity contribution in [1.29, 1.82) is 0 Å². The maximum Gasteiger partial charge on any atom is 0.405 e. The molecule has 20 heavy (non-hydrogen) atoms. The molecule has 1 aromatic heterocycles. The van der Waals surface area contributed by atoms with Crippen molar-refractivity contribution in [2.45, 2.75) is 24.8 Å². The number of alkyl halides is 1. The van der Waals surface area contributed by atoms with Crippen molar-refractivity contribution in [2.24, 2.45) is 5.92 Å². The molecule has 1 fully saturated rings. The Morgan fingerprint density at radius 3 is 2.90 bits per heavy atom. The van der Waals surface area contributed by atoms with Gasteiger partial charge in [-0.1, -0.05) is 0 Å². The van der Waals surface area contributed by atoms with Crippen LogP contribution in [0.15, 0.2) is 16.7 Å². The maximum atomic E-state index is 11.1. The Balaban J connectivity index is 2.31. The molecular weight excluding hydrogens is 348 g/mol. The molecule has 0 saturated carbocycles. The minimum Gasteiger partial charge on any atom is -0.465 e. The van der Waals surface area contributed by atoms with Crippen LogP contribution in [-0.4, -0.2) is 29.4 Å². The van der Waals surface area contributed by atoms with Gasteiger partial charge in [0.25, 0.3) is 0 Å². The number of pyridine rings is 1. The quantitative estimate of drug-likeness (QED) is 0.805. The van der Waals surface area contributed by atoms with Crippen molar-refractivity contribution in [3.63, 3.8) is 0 Å². The Bertz CT molecular complexity index is 481. The zero-order valence-corrected chi connectivity index (χ0v) is 13.2. The number of carbonyl (C=O) groups is 1. The van der Waals surface area contributed by atoms with Crippen molar-refractivity contribution in [2.75, 3.05) is 13.2 Å². The van der Waals surface area contributed by atoms with E-state index in [1.807, 2.05) is 6.07 Å². The zero-order chi connectivity index (χ0) is 14.5. The van der Waals surface area contributed by atoms with Crippen LogP contribution in [0.1, 0.15) is 30.1 Å². The Morgan fingerprint density at radius 2 is 2.30 bits per heavy atom. The van der Waals surface area contributed by atoms with Crippen molar-refractivity contribution >= 4 is 33.6 Å². The maximum absolute atomic E-state index is 11.1. The summed E-state index contributed by atoms with van der Waals surface area (Å²) in [7, 11) is 0. The van der Waals surface area contributed by atoms with Crippen LogP contribution in [0.4, 0.5) is 4.79 Å². The minimum atomic E-state index is -1.05. The first-order valence-corrected chi connectivity index (χ1v) is 7.72. The normalized spacial score (nSPS) is 17.7. The van der Waals surface area contributed by atoms with Crippen LogP contribution in [0.3, 0.4) is 0 Å². The summed E-state index contributed by atoms with van der Waals surface area (Å²) in [6.45, 7) is 1.30. The Labute approximate surface area is 130 Å². The monoisotopic (exact) mass is 362 g/mol. The average molecular weight is 364 g/mol. The molecule has 2 heterocycles. The van der Waals surface area contributed by atoms with E-state index in [1.54, 1.807) is 6.20 Å². The second kappa shape index (κ2) is 7.24. The standard InChI is InChI=1S/C13H16BrClN2O3/c14-10-5-9(6-15)11(16-7-10)12(17-13(18)19)8-1-3-20-4-2-8/h5,7-8,12,17H,1-4,6H2,(H,18,19)/t12-/m0/s1. The third-order valence-electron chi connectivity index (χ3n) is 3.42. The number of nitrogens with one attached hydrogen (secondary N) is 1. The molecule has 1 amide bonds. The van der Waals surface area contributed by atoms with E-state index in [2.05, 4.69) is 26.2 Å². The lowest BCUT2D eigenvalue weighted by atomic mass is 9.88. The van der Waals surface area contributed by atoms with Gasteiger partial charge in [-0.3, -0.25) is 4.98 Å². The highest BCUT2D eigenvalue weighted by atomic mass is 79.9. The summed E-state index contributed by atoms with van der Waals surface area (Å²) < 4.78 is 6.17. The van der Waals surface area contributed by atoms with Gasteiger partial charge in [-0.15, -0.1) is 11.6 Å². The first-order valence-electron chi connectivity index (χ1n) is 6.39. The fraction of sp³-hybridized carbons (Fsp3) is 0.538. The van der Waals surface area contributed by atoms with Gasteiger partial charge in [-0.2, -0.15) is 0 Å². The molecule has 0 unspecified atom stereocenters. The topological polar surface area (TPSA) is 71.5 Å². The molecule has 0 spiro atoms. The average Bonchev–Trinajstić information content (AvgIpc) is 2.45. The highest BCUT2D eigenvalue weighted by Gasteiger charge is 2.29. The van der Waals surface area contributed by atoms with E-state index in [4.69, 9.17) is 21.4 Å². The van der Waals surface area contributed by atoms with Crippen LogP contribution in [0.25, 0.3) is 0 Å². The van der Waals surface area contributed by atoms with Crippen LogP contribution < -0.4 is 5.32 Å². The summed E-state index contributed by atoms with van der Waals surface area (Å²) in [5.41, 5.74) is 1.55. The number of carboxylic acid groups (broad SMARTS) is 1. The van der Waals surface area contributed by atoms with E-state index in [0.717, 1.165) is 22.9 Å². The number of rotatable bonds is 4. The largest absolute Gasteiger partial charge is 0.465 e. The van der Waals surface area contributed by atoms with Gasteiger partial charge >= 0.3 is 6.09 Å². The number of amides is 1. The van der Waals surface area contributed by atoms with E-state index in [1.165, 1.54) is 0 Å². The summed E-state index contributed by atoms with van der Waals surface area (Å²) in [6, 6.07) is 1.53. The second-order valence-electron chi connectivity index (χ2n) is 4.71. The van der Waals surface area contributed by atoms with Crippen molar-refractivity contribution in [1.82, 2.24) is 10.3 Å². The van der Waals surface area contributed by atoms with Crippen LogP contribution in [0.2, 0.25) is 0 Å². The van der Waals surface area contributed by atoms with Gasteiger partial charge in [-0.05, 0) is 46.3 Å².